The predicted octanol–water partition coefficient (Wildman–Crippen LogP) is 3.33. The molecular weight excluding hydrogens is 371 g/mol. The van der Waals surface area contributed by atoms with E-state index < -0.39 is 11.6 Å². The van der Waals surface area contributed by atoms with E-state index >= 15 is 0 Å². The first-order valence-electron chi connectivity index (χ1n) is 9.41. The fourth-order valence-corrected chi connectivity index (χ4v) is 3.09. The SMILES string of the molecule is Cc1ccc(C(=O)c2cnn(-c3cc(C(=O)NC4CC4)ccc3C)c2N)cc1F. The maximum absolute atomic E-state index is 13.9. The number of ketones is 1. The highest BCUT2D eigenvalue weighted by Gasteiger charge is 2.24. The van der Waals surface area contributed by atoms with Gasteiger partial charge >= 0.3 is 0 Å². The van der Waals surface area contributed by atoms with E-state index in [1.807, 2.05) is 13.0 Å². The monoisotopic (exact) mass is 392 g/mol. The second kappa shape index (κ2) is 7.16. The molecule has 7 heteroatoms. The largest absolute Gasteiger partial charge is 0.383 e. The average Bonchev–Trinajstić information content (AvgIpc) is 3.43. The molecule has 29 heavy (non-hydrogen) atoms. The van der Waals surface area contributed by atoms with Crippen molar-refractivity contribution in [2.45, 2.75) is 32.7 Å². The number of hydrogen-bond donors (Lipinski definition) is 2. The molecule has 0 spiro atoms. The van der Waals surface area contributed by atoms with Crippen LogP contribution in [0.3, 0.4) is 0 Å². The molecule has 1 aliphatic carbocycles. The lowest BCUT2D eigenvalue weighted by Gasteiger charge is -2.11. The molecule has 0 aliphatic heterocycles. The first-order chi connectivity index (χ1) is 13.8. The lowest BCUT2D eigenvalue weighted by atomic mass is 10.0. The molecule has 1 aromatic heterocycles. The number of nitrogens with zero attached hydrogens (tertiary/aromatic N) is 2. The van der Waals surface area contributed by atoms with E-state index in [1.54, 1.807) is 31.2 Å². The minimum absolute atomic E-state index is 0.138. The number of nitrogen functional groups attached to an aromatic ring is 1. The van der Waals surface area contributed by atoms with Gasteiger partial charge in [-0.05, 0) is 56.0 Å². The maximum atomic E-state index is 13.9. The molecule has 1 aliphatic rings. The zero-order valence-electron chi connectivity index (χ0n) is 16.2. The van der Waals surface area contributed by atoms with Gasteiger partial charge in [0.2, 0.25) is 0 Å². The summed E-state index contributed by atoms with van der Waals surface area (Å²) in [6, 6.07) is 9.83. The van der Waals surface area contributed by atoms with Crippen LogP contribution in [0.4, 0.5) is 10.2 Å². The number of carbonyl (C=O) groups is 2. The van der Waals surface area contributed by atoms with E-state index in [9.17, 15) is 14.0 Å². The van der Waals surface area contributed by atoms with Crippen LogP contribution in [-0.2, 0) is 0 Å². The van der Waals surface area contributed by atoms with Gasteiger partial charge in [-0.2, -0.15) is 5.10 Å². The Morgan fingerprint density at radius 3 is 2.48 bits per heavy atom. The second-order valence-electron chi connectivity index (χ2n) is 7.40. The van der Waals surface area contributed by atoms with Crippen molar-refractivity contribution >= 4 is 17.5 Å². The first kappa shape index (κ1) is 18.9. The molecule has 3 aromatic rings. The third-order valence-electron chi connectivity index (χ3n) is 5.10. The van der Waals surface area contributed by atoms with Crippen LogP contribution in [0.5, 0.6) is 0 Å². The molecule has 3 N–H and O–H groups in total. The zero-order valence-corrected chi connectivity index (χ0v) is 16.2. The van der Waals surface area contributed by atoms with Crippen LogP contribution in [0.2, 0.25) is 0 Å². The predicted molar refractivity (Wildman–Crippen MR) is 108 cm³/mol. The highest BCUT2D eigenvalue weighted by atomic mass is 19.1. The van der Waals surface area contributed by atoms with Crippen molar-refractivity contribution in [3.05, 3.63) is 76.2 Å². The fraction of sp³-hybridized carbons (Fsp3) is 0.227. The molecule has 1 heterocycles. The van der Waals surface area contributed by atoms with Gasteiger partial charge in [0.25, 0.3) is 5.91 Å². The number of aryl methyl sites for hydroxylation is 2. The van der Waals surface area contributed by atoms with Crippen molar-refractivity contribution in [3.8, 4) is 5.69 Å². The summed E-state index contributed by atoms with van der Waals surface area (Å²) in [7, 11) is 0. The average molecular weight is 392 g/mol. The Hall–Kier alpha value is -3.48. The first-order valence-corrected chi connectivity index (χ1v) is 9.41. The number of benzene rings is 2. The van der Waals surface area contributed by atoms with E-state index in [-0.39, 0.29) is 28.9 Å². The molecule has 0 bridgehead atoms. The Morgan fingerprint density at radius 1 is 1.10 bits per heavy atom. The van der Waals surface area contributed by atoms with Gasteiger partial charge in [0.1, 0.15) is 11.6 Å². The summed E-state index contributed by atoms with van der Waals surface area (Å²) >= 11 is 0. The fourth-order valence-electron chi connectivity index (χ4n) is 3.09. The van der Waals surface area contributed by atoms with Crippen LogP contribution in [0.1, 0.15) is 50.2 Å². The van der Waals surface area contributed by atoms with Crippen molar-refractivity contribution < 1.29 is 14.0 Å². The van der Waals surface area contributed by atoms with Gasteiger partial charge in [0.15, 0.2) is 5.78 Å². The summed E-state index contributed by atoms with van der Waals surface area (Å²) in [6.07, 6.45) is 3.37. The molecule has 0 radical (unpaired) electrons. The summed E-state index contributed by atoms with van der Waals surface area (Å²) in [6.45, 7) is 3.50. The van der Waals surface area contributed by atoms with Crippen molar-refractivity contribution in [1.82, 2.24) is 15.1 Å². The van der Waals surface area contributed by atoms with E-state index in [0.717, 1.165) is 18.4 Å². The topological polar surface area (TPSA) is 90.0 Å². The molecule has 1 saturated carbocycles. The van der Waals surface area contributed by atoms with Gasteiger partial charge < -0.3 is 11.1 Å². The number of amides is 1. The van der Waals surface area contributed by atoms with Gasteiger partial charge in [0.05, 0.1) is 17.4 Å². The van der Waals surface area contributed by atoms with Crippen molar-refractivity contribution in [3.63, 3.8) is 0 Å². The van der Waals surface area contributed by atoms with Gasteiger partial charge in [-0.15, -0.1) is 0 Å². The van der Waals surface area contributed by atoms with E-state index in [0.29, 0.717) is 16.8 Å². The third kappa shape index (κ3) is 3.63. The Bertz CT molecular complexity index is 1130. The summed E-state index contributed by atoms with van der Waals surface area (Å²) < 4.78 is 15.3. The lowest BCUT2D eigenvalue weighted by molar-refractivity contribution is 0.0950. The second-order valence-corrected chi connectivity index (χ2v) is 7.40. The third-order valence-corrected chi connectivity index (χ3v) is 5.10. The number of rotatable bonds is 5. The quantitative estimate of drug-likeness (QED) is 0.652. The molecule has 0 unspecified atom stereocenters. The van der Waals surface area contributed by atoms with E-state index in [1.165, 1.54) is 16.9 Å². The van der Waals surface area contributed by atoms with Gasteiger partial charge in [-0.25, -0.2) is 9.07 Å². The Morgan fingerprint density at radius 2 is 1.79 bits per heavy atom. The van der Waals surface area contributed by atoms with Crippen LogP contribution in [-0.4, -0.2) is 27.5 Å². The summed E-state index contributed by atoms with van der Waals surface area (Å²) in [5.41, 5.74) is 9.02. The number of hydrogen-bond acceptors (Lipinski definition) is 4. The summed E-state index contributed by atoms with van der Waals surface area (Å²) in [5, 5.41) is 7.20. The zero-order chi connectivity index (χ0) is 20.7. The highest BCUT2D eigenvalue weighted by molar-refractivity contribution is 6.11. The summed E-state index contributed by atoms with van der Waals surface area (Å²) in [4.78, 5) is 25.2. The standard InChI is InChI=1S/C22H21FN4O2/c1-12-3-5-14(9-18(12)23)20(28)17-11-25-27(21(17)24)19-10-15(6-4-13(19)2)22(29)26-16-7-8-16/h3-6,9-11,16H,7-8,24H2,1-2H3,(H,26,29). The van der Waals surface area contributed by atoms with Gasteiger partial charge in [-0.3, -0.25) is 9.59 Å². The Kier molecular flexibility index (Phi) is 4.66. The van der Waals surface area contributed by atoms with Crippen LogP contribution in [0.25, 0.3) is 5.69 Å². The number of nitrogens with two attached hydrogens (primary N) is 1. The van der Waals surface area contributed by atoms with Crippen LogP contribution < -0.4 is 11.1 Å². The molecule has 1 amide bonds. The van der Waals surface area contributed by atoms with Crippen molar-refractivity contribution in [2.24, 2.45) is 0 Å². The molecule has 148 valence electrons. The molecule has 1 fully saturated rings. The molecular formula is C22H21FN4O2. The minimum Gasteiger partial charge on any atom is -0.383 e. The lowest BCUT2D eigenvalue weighted by Crippen LogP contribution is -2.25. The van der Waals surface area contributed by atoms with Gasteiger partial charge in [0, 0.05) is 17.2 Å². The molecule has 4 rings (SSSR count). The van der Waals surface area contributed by atoms with Crippen molar-refractivity contribution in [2.75, 3.05) is 5.73 Å². The summed E-state index contributed by atoms with van der Waals surface area (Å²) in [5.74, 6) is -0.871. The smallest absolute Gasteiger partial charge is 0.251 e. The maximum Gasteiger partial charge on any atom is 0.251 e. The number of aromatic nitrogens is 2. The number of anilines is 1. The van der Waals surface area contributed by atoms with Crippen LogP contribution >= 0.6 is 0 Å². The van der Waals surface area contributed by atoms with Crippen molar-refractivity contribution in [1.29, 1.82) is 0 Å². The molecule has 6 nitrogen and oxygen atoms in total. The number of halogens is 1. The number of carbonyl (C=O) groups excluding carboxylic acids is 2. The highest BCUT2D eigenvalue weighted by Crippen LogP contribution is 2.25. The van der Waals surface area contributed by atoms with E-state index in [2.05, 4.69) is 10.4 Å². The van der Waals surface area contributed by atoms with Crippen LogP contribution in [0, 0.1) is 19.7 Å². The normalized spacial score (nSPS) is 13.3. The Labute approximate surface area is 167 Å². The molecule has 2 aromatic carbocycles. The Balaban J connectivity index is 1.68. The number of nitrogens with one attached hydrogen (secondary N) is 1. The van der Waals surface area contributed by atoms with Crippen LogP contribution in [0.15, 0.2) is 42.6 Å². The van der Waals surface area contributed by atoms with E-state index in [4.69, 9.17) is 5.73 Å². The molecule has 0 saturated heterocycles. The minimum atomic E-state index is -0.452. The van der Waals surface area contributed by atoms with Gasteiger partial charge in [-0.1, -0.05) is 18.2 Å². The molecule has 0 atom stereocenters.